The summed E-state index contributed by atoms with van der Waals surface area (Å²) in [5, 5.41) is 13.3. The van der Waals surface area contributed by atoms with Gasteiger partial charge in [0.1, 0.15) is 11.1 Å². The second-order valence-corrected chi connectivity index (χ2v) is 7.42. The molecule has 0 bridgehead atoms. The molecule has 1 N–H and O–H groups in total. The van der Waals surface area contributed by atoms with E-state index < -0.39 is 22.9 Å². The first kappa shape index (κ1) is 20.5. The highest BCUT2D eigenvalue weighted by Crippen LogP contribution is 2.28. The Hall–Kier alpha value is -3.27. The van der Waals surface area contributed by atoms with Gasteiger partial charge in [-0.3, -0.25) is 9.59 Å². The fourth-order valence-electron chi connectivity index (χ4n) is 2.56. The smallest absolute Gasteiger partial charge is 0.318 e. The van der Waals surface area contributed by atoms with Crippen LogP contribution >= 0.6 is 11.8 Å². The topological polar surface area (TPSA) is 99.0 Å². The average molecular weight is 415 g/mol. The highest BCUT2D eigenvalue weighted by Gasteiger charge is 2.20. The van der Waals surface area contributed by atoms with Gasteiger partial charge in [0.25, 0.3) is 5.91 Å². The van der Waals surface area contributed by atoms with Gasteiger partial charge in [0, 0.05) is 4.90 Å². The highest BCUT2D eigenvalue weighted by molar-refractivity contribution is 8.00. The van der Waals surface area contributed by atoms with Gasteiger partial charge in [0.15, 0.2) is 5.82 Å². The summed E-state index contributed by atoms with van der Waals surface area (Å²) in [5.74, 6) is -0.983. The number of benzene rings is 2. The highest BCUT2D eigenvalue weighted by atomic mass is 32.2. The standard InChI is InChI=1S/C19H18FN5O3S/c1-11(19(27)28-3)29-17-7-5-4-6-14(17)18(26)21-16-10-13(8-9-15(16)20)25-12(2)22-23-24-25/h4-11H,1-3H3,(H,21,26). The molecule has 1 unspecified atom stereocenters. The summed E-state index contributed by atoms with van der Waals surface area (Å²) < 4.78 is 20.5. The number of amides is 1. The molecule has 0 fully saturated rings. The Bertz CT molecular complexity index is 1060. The van der Waals surface area contributed by atoms with Crippen LogP contribution in [-0.4, -0.2) is 44.4 Å². The first-order valence-corrected chi connectivity index (χ1v) is 9.48. The number of rotatable bonds is 6. The fourth-order valence-corrected chi connectivity index (χ4v) is 3.58. The van der Waals surface area contributed by atoms with Gasteiger partial charge in [-0.1, -0.05) is 12.1 Å². The molecule has 0 spiro atoms. The normalized spacial score (nSPS) is 11.7. The van der Waals surface area contributed by atoms with Crippen molar-refractivity contribution in [2.45, 2.75) is 24.0 Å². The van der Waals surface area contributed by atoms with Crippen molar-refractivity contribution >= 4 is 29.3 Å². The molecular formula is C19H18FN5O3S. The molecule has 0 saturated carbocycles. The zero-order valence-corrected chi connectivity index (χ0v) is 16.7. The van der Waals surface area contributed by atoms with Crippen molar-refractivity contribution < 1.29 is 18.7 Å². The Kier molecular flexibility index (Phi) is 6.23. The van der Waals surface area contributed by atoms with Crippen molar-refractivity contribution in [3.63, 3.8) is 0 Å². The van der Waals surface area contributed by atoms with Crippen LogP contribution in [0.15, 0.2) is 47.4 Å². The van der Waals surface area contributed by atoms with Crippen molar-refractivity contribution in [3.8, 4) is 5.69 Å². The molecular weight excluding hydrogens is 397 g/mol. The monoisotopic (exact) mass is 415 g/mol. The molecule has 29 heavy (non-hydrogen) atoms. The van der Waals surface area contributed by atoms with Gasteiger partial charge in [-0.05, 0) is 54.6 Å². The van der Waals surface area contributed by atoms with Crippen LogP contribution in [0.5, 0.6) is 0 Å². The zero-order chi connectivity index (χ0) is 21.0. The third-order valence-corrected chi connectivity index (χ3v) is 5.19. The van der Waals surface area contributed by atoms with E-state index in [2.05, 4.69) is 20.8 Å². The number of aromatic nitrogens is 4. The maximum atomic E-state index is 14.3. The first-order chi connectivity index (χ1) is 13.9. The van der Waals surface area contributed by atoms with Crippen LogP contribution < -0.4 is 5.32 Å². The molecule has 3 aromatic rings. The maximum absolute atomic E-state index is 14.3. The fraction of sp³-hybridized carbons (Fsp3) is 0.211. The van der Waals surface area contributed by atoms with Crippen LogP contribution in [0.1, 0.15) is 23.1 Å². The number of carbonyl (C=O) groups excluding carboxylic acids is 2. The van der Waals surface area contributed by atoms with Crippen LogP contribution in [-0.2, 0) is 9.53 Å². The molecule has 1 heterocycles. The minimum atomic E-state index is -0.596. The van der Waals surface area contributed by atoms with E-state index in [1.54, 1.807) is 38.1 Å². The number of hydrogen-bond acceptors (Lipinski definition) is 7. The number of nitrogens with one attached hydrogen (secondary N) is 1. The summed E-state index contributed by atoms with van der Waals surface area (Å²) in [4.78, 5) is 25.1. The lowest BCUT2D eigenvalue weighted by atomic mass is 10.2. The van der Waals surface area contributed by atoms with E-state index in [4.69, 9.17) is 4.74 Å². The number of methoxy groups -OCH3 is 1. The Morgan fingerprint density at radius 3 is 2.69 bits per heavy atom. The number of ether oxygens (including phenoxy) is 1. The van der Waals surface area contributed by atoms with Gasteiger partial charge in [-0.2, -0.15) is 4.68 Å². The van der Waals surface area contributed by atoms with Crippen molar-refractivity contribution in [1.82, 2.24) is 20.2 Å². The van der Waals surface area contributed by atoms with Gasteiger partial charge >= 0.3 is 5.97 Å². The quantitative estimate of drug-likeness (QED) is 0.488. The third-order valence-electron chi connectivity index (χ3n) is 4.04. The molecule has 2 aromatic carbocycles. The van der Waals surface area contributed by atoms with Crippen LogP contribution in [0, 0.1) is 12.7 Å². The van der Waals surface area contributed by atoms with Gasteiger partial charge in [0.2, 0.25) is 0 Å². The molecule has 3 rings (SSSR count). The molecule has 150 valence electrons. The number of tetrazole rings is 1. The second kappa shape index (κ2) is 8.82. The van der Waals surface area contributed by atoms with Crippen LogP contribution in [0.25, 0.3) is 5.69 Å². The Labute approximate surface area is 170 Å². The van der Waals surface area contributed by atoms with Crippen molar-refractivity contribution in [3.05, 3.63) is 59.7 Å². The van der Waals surface area contributed by atoms with Crippen molar-refractivity contribution in [1.29, 1.82) is 0 Å². The summed E-state index contributed by atoms with van der Waals surface area (Å²) in [6.45, 7) is 3.39. The van der Waals surface area contributed by atoms with Gasteiger partial charge in [0.05, 0.1) is 24.0 Å². The van der Waals surface area contributed by atoms with Crippen molar-refractivity contribution in [2.24, 2.45) is 0 Å². The lowest BCUT2D eigenvalue weighted by Gasteiger charge is -2.14. The predicted octanol–water partition coefficient (Wildman–Crippen LogP) is 3.02. The SMILES string of the molecule is COC(=O)C(C)Sc1ccccc1C(=O)Nc1cc(-n2nnnc2C)ccc1F. The Morgan fingerprint density at radius 1 is 1.24 bits per heavy atom. The van der Waals surface area contributed by atoms with E-state index >= 15 is 0 Å². The summed E-state index contributed by atoms with van der Waals surface area (Å²) in [6.07, 6.45) is 0. The van der Waals surface area contributed by atoms with Gasteiger partial charge < -0.3 is 10.1 Å². The van der Waals surface area contributed by atoms with E-state index in [1.807, 2.05) is 0 Å². The summed E-state index contributed by atoms with van der Waals surface area (Å²) in [6, 6.07) is 11.0. The van der Waals surface area contributed by atoms with Gasteiger partial charge in [-0.25, -0.2) is 4.39 Å². The van der Waals surface area contributed by atoms with E-state index in [1.165, 1.54) is 41.8 Å². The molecule has 1 atom stereocenters. The van der Waals surface area contributed by atoms with E-state index in [0.29, 0.717) is 22.0 Å². The largest absolute Gasteiger partial charge is 0.468 e. The van der Waals surface area contributed by atoms with E-state index in [-0.39, 0.29) is 5.69 Å². The number of aryl methyl sites for hydroxylation is 1. The molecule has 0 aliphatic heterocycles. The van der Waals surface area contributed by atoms with Crippen molar-refractivity contribution in [2.75, 3.05) is 12.4 Å². The third kappa shape index (κ3) is 4.60. The van der Waals surface area contributed by atoms with Gasteiger partial charge in [-0.15, -0.1) is 16.9 Å². The molecule has 0 aliphatic carbocycles. The minimum absolute atomic E-state index is 0.0109. The summed E-state index contributed by atoms with van der Waals surface area (Å²) in [5.41, 5.74) is 0.811. The van der Waals surface area contributed by atoms with Crippen LogP contribution in [0.2, 0.25) is 0 Å². The number of anilines is 1. The lowest BCUT2D eigenvalue weighted by Crippen LogP contribution is -2.17. The summed E-state index contributed by atoms with van der Waals surface area (Å²) >= 11 is 1.19. The maximum Gasteiger partial charge on any atom is 0.318 e. The number of carbonyl (C=O) groups is 2. The number of thioether (sulfide) groups is 1. The molecule has 1 aromatic heterocycles. The number of hydrogen-bond donors (Lipinski definition) is 1. The number of nitrogens with zero attached hydrogens (tertiary/aromatic N) is 4. The lowest BCUT2D eigenvalue weighted by molar-refractivity contribution is -0.139. The molecule has 0 saturated heterocycles. The molecule has 0 radical (unpaired) electrons. The Balaban J connectivity index is 1.86. The summed E-state index contributed by atoms with van der Waals surface area (Å²) in [7, 11) is 1.31. The van der Waals surface area contributed by atoms with Crippen LogP contribution in [0.3, 0.4) is 0 Å². The van der Waals surface area contributed by atoms with E-state index in [0.717, 1.165) is 0 Å². The number of esters is 1. The molecule has 10 heteroatoms. The zero-order valence-electron chi connectivity index (χ0n) is 15.9. The average Bonchev–Trinajstić information content (AvgIpc) is 3.15. The Morgan fingerprint density at radius 2 is 2.00 bits per heavy atom. The minimum Gasteiger partial charge on any atom is -0.468 e. The first-order valence-electron chi connectivity index (χ1n) is 8.60. The second-order valence-electron chi connectivity index (χ2n) is 6.04. The van der Waals surface area contributed by atoms with Crippen LogP contribution in [0.4, 0.5) is 10.1 Å². The molecule has 8 nitrogen and oxygen atoms in total. The predicted molar refractivity (Wildman–Crippen MR) is 106 cm³/mol. The molecule has 0 aliphatic rings. The number of halogens is 1. The van der Waals surface area contributed by atoms with E-state index in [9.17, 15) is 14.0 Å². The molecule has 1 amide bonds.